The molecule has 7 heteroatoms. The number of benzene rings is 2. The first-order valence-corrected chi connectivity index (χ1v) is 12.7. The fraction of sp³-hybridized carbons (Fsp3) is 0.250. The SMILES string of the molecule is Cc1cc(C=Nn2c(-c3cc4cc(Br)ccc4o3)nc3ccccc3c2=O)c(C)n1C1CCCC1. The number of para-hydroxylation sites is 1. The summed E-state index contributed by atoms with van der Waals surface area (Å²) in [4.78, 5) is 18.3. The van der Waals surface area contributed by atoms with Gasteiger partial charge in [0.25, 0.3) is 5.56 Å². The van der Waals surface area contributed by atoms with Gasteiger partial charge in [-0.1, -0.05) is 40.9 Å². The molecule has 6 nitrogen and oxygen atoms in total. The molecule has 1 aliphatic rings. The van der Waals surface area contributed by atoms with Gasteiger partial charge in [0.2, 0.25) is 5.82 Å². The van der Waals surface area contributed by atoms with Crippen molar-refractivity contribution in [1.82, 2.24) is 14.2 Å². The van der Waals surface area contributed by atoms with Gasteiger partial charge in [-0.3, -0.25) is 4.79 Å². The number of hydrogen-bond acceptors (Lipinski definition) is 4. The van der Waals surface area contributed by atoms with Gasteiger partial charge in [-0.25, -0.2) is 4.98 Å². The molecule has 35 heavy (non-hydrogen) atoms. The number of hydrogen-bond donors (Lipinski definition) is 0. The molecule has 0 amide bonds. The number of nitrogens with zero attached hydrogens (tertiary/aromatic N) is 4. The molecular weight excluding hydrogens is 504 g/mol. The van der Waals surface area contributed by atoms with Crippen LogP contribution in [0.5, 0.6) is 0 Å². The Labute approximate surface area is 211 Å². The molecule has 0 unspecified atom stereocenters. The van der Waals surface area contributed by atoms with Crippen molar-refractivity contribution in [3.63, 3.8) is 0 Å². The molecule has 3 heterocycles. The van der Waals surface area contributed by atoms with Gasteiger partial charge in [0.1, 0.15) is 5.58 Å². The van der Waals surface area contributed by atoms with Crippen LogP contribution in [0.25, 0.3) is 33.5 Å². The van der Waals surface area contributed by atoms with Crippen LogP contribution in [0.4, 0.5) is 0 Å². The highest BCUT2D eigenvalue weighted by Crippen LogP contribution is 2.33. The maximum atomic E-state index is 13.5. The Hall–Kier alpha value is -3.45. The van der Waals surface area contributed by atoms with Gasteiger partial charge >= 0.3 is 0 Å². The molecule has 2 aromatic carbocycles. The summed E-state index contributed by atoms with van der Waals surface area (Å²) in [6, 6.07) is 17.7. The third-order valence-corrected chi connectivity index (χ3v) is 7.47. The lowest BCUT2D eigenvalue weighted by atomic mass is 10.2. The highest BCUT2D eigenvalue weighted by molar-refractivity contribution is 9.10. The van der Waals surface area contributed by atoms with Gasteiger partial charge in [-0.15, -0.1) is 0 Å². The summed E-state index contributed by atoms with van der Waals surface area (Å²) in [5, 5.41) is 6.11. The van der Waals surface area contributed by atoms with Crippen LogP contribution in [0.15, 0.2) is 73.4 Å². The largest absolute Gasteiger partial charge is 0.453 e. The highest BCUT2D eigenvalue weighted by Gasteiger charge is 2.21. The molecule has 0 bridgehead atoms. The van der Waals surface area contributed by atoms with Crippen LogP contribution in [-0.4, -0.2) is 20.4 Å². The Morgan fingerprint density at radius 3 is 2.71 bits per heavy atom. The first-order chi connectivity index (χ1) is 17.0. The maximum Gasteiger partial charge on any atom is 0.282 e. The summed E-state index contributed by atoms with van der Waals surface area (Å²) < 4.78 is 10.8. The van der Waals surface area contributed by atoms with Crippen molar-refractivity contribution in [1.29, 1.82) is 0 Å². The van der Waals surface area contributed by atoms with Gasteiger partial charge in [-0.2, -0.15) is 9.78 Å². The summed E-state index contributed by atoms with van der Waals surface area (Å²) in [6.45, 7) is 4.27. The Balaban J connectivity index is 1.51. The summed E-state index contributed by atoms with van der Waals surface area (Å²) in [6.07, 6.45) is 6.76. The molecule has 1 fully saturated rings. The Morgan fingerprint density at radius 2 is 1.89 bits per heavy atom. The predicted octanol–water partition coefficient (Wildman–Crippen LogP) is 6.99. The lowest BCUT2D eigenvalue weighted by molar-refractivity contribution is 0.500. The fourth-order valence-electron chi connectivity index (χ4n) is 5.29. The first kappa shape index (κ1) is 22.0. The standard InChI is InChI=1S/C28H25BrN4O2/c1-17-13-20(18(2)32(17)22-7-3-4-8-22)16-30-33-27(31-24-10-6-5-9-23(24)28(33)34)26-15-19-14-21(29)11-12-25(19)35-26/h5-6,9-16,22H,3-4,7-8H2,1-2H3. The second-order valence-corrected chi connectivity index (χ2v) is 10.2. The van der Waals surface area contributed by atoms with E-state index < -0.39 is 0 Å². The molecule has 6 rings (SSSR count). The third kappa shape index (κ3) is 3.84. The van der Waals surface area contributed by atoms with Crippen molar-refractivity contribution >= 4 is 44.0 Å². The summed E-state index contributed by atoms with van der Waals surface area (Å²) in [7, 11) is 0. The van der Waals surface area contributed by atoms with E-state index >= 15 is 0 Å². The van der Waals surface area contributed by atoms with Crippen LogP contribution >= 0.6 is 15.9 Å². The van der Waals surface area contributed by atoms with E-state index in [0.717, 1.165) is 21.0 Å². The smallest absolute Gasteiger partial charge is 0.282 e. The molecule has 5 aromatic rings. The fourth-order valence-corrected chi connectivity index (χ4v) is 5.67. The molecule has 1 aliphatic carbocycles. The monoisotopic (exact) mass is 528 g/mol. The van der Waals surface area contributed by atoms with Gasteiger partial charge in [-0.05, 0) is 69.2 Å². The second-order valence-electron chi connectivity index (χ2n) is 9.24. The lowest BCUT2D eigenvalue weighted by Crippen LogP contribution is -2.20. The van der Waals surface area contributed by atoms with E-state index in [1.807, 2.05) is 42.5 Å². The van der Waals surface area contributed by atoms with E-state index in [9.17, 15) is 4.79 Å². The minimum Gasteiger partial charge on any atom is -0.453 e. The molecule has 0 aliphatic heterocycles. The zero-order chi connectivity index (χ0) is 24.1. The molecule has 0 spiro atoms. The van der Waals surface area contributed by atoms with Crippen LogP contribution in [-0.2, 0) is 0 Å². The predicted molar refractivity (Wildman–Crippen MR) is 143 cm³/mol. The number of rotatable bonds is 4. The summed E-state index contributed by atoms with van der Waals surface area (Å²) in [5.41, 5.74) is 4.52. The van der Waals surface area contributed by atoms with Crippen molar-refractivity contribution in [2.75, 3.05) is 0 Å². The Kier molecular flexibility index (Phi) is 5.44. The van der Waals surface area contributed by atoms with E-state index in [4.69, 9.17) is 9.40 Å². The molecule has 0 N–H and O–H groups in total. The Bertz CT molecular complexity index is 1670. The van der Waals surface area contributed by atoms with E-state index in [1.165, 1.54) is 41.7 Å². The van der Waals surface area contributed by atoms with E-state index in [-0.39, 0.29) is 5.56 Å². The highest BCUT2D eigenvalue weighted by atomic mass is 79.9. The summed E-state index contributed by atoms with van der Waals surface area (Å²) >= 11 is 3.51. The number of fused-ring (bicyclic) bond motifs is 2. The van der Waals surface area contributed by atoms with Crippen molar-refractivity contribution in [3.8, 4) is 11.6 Å². The molecular formula is C28H25BrN4O2. The topological polar surface area (TPSA) is 65.3 Å². The van der Waals surface area contributed by atoms with Gasteiger partial charge in [0, 0.05) is 32.9 Å². The first-order valence-electron chi connectivity index (χ1n) is 11.9. The van der Waals surface area contributed by atoms with Gasteiger partial charge in [0.15, 0.2) is 5.76 Å². The van der Waals surface area contributed by atoms with Crippen LogP contribution in [0.1, 0.15) is 48.7 Å². The molecule has 3 aromatic heterocycles. The molecule has 0 radical (unpaired) electrons. The van der Waals surface area contributed by atoms with Crippen LogP contribution < -0.4 is 5.56 Å². The average molecular weight is 529 g/mol. The number of aryl methyl sites for hydroxylation is 1. The van der Waals surface area contributed by atoms with Gasteiger partial charge in [0.05, 0.1) is 17.1 Å². The minimum absolute atomic E-state index is 0.229. The molecule has 1 saturated carbocycles. The zero-order valence-corrected chi connectivity index (χ0v) is 21.2. The summed E-state index contributed by atoms with van der Waals surface area (Å²) in [5.74, 6) is 0.872. The molecule has 0 atom stereocenters. The quantitative estimate of drug-likeness (QED) is 0.236. The van der Waals surface area contributed by atoms with Crippen LogP contribution in [0.2, 0.25) is 0 Å². The lowest BCUT2D eigenvalue weighted by Gasteiger charge is -2.17. The number of halogens is 1. The normalized spacial score (nSPS) is 14.7. The van der Waals surface area contributed by atoms with E-state index in [1.54, 1.807) is 12.3 Å². The van der Waals surface area contributed by atoms with E-state index in [2.05, 4.69) is 45.5 Å². The van der Waals surface area contributed by atoms with Crippen LogP contribution in [0, 0.1) is 13.8 Å². The number of aromatic nitrogens is 3. The van der Waals surface area contributed by atoms with Crippen molar-refractivity contribution in [2.24, 2.45) is 5.10 Å². The zero-order valence-electron chi connectivity index (χ0n) is 19.7. The second kappa shape index (κ2) is 8.64. The minimum atomic E-state index is -0.229. The van der Waals surface area contributed by atoms with Crippen molar-refractivity contribution in [2.45, 2.75) is 45.6 Å². The Morgan fingerprint density at radius 1 is 1.09 bits per heavy atom. The third-order valence-electron chi connectivity index (χ3n) is 6.98. The van der Waals surface area contributed by atoms with E-state index in [0.29, 0.717) is 28.5 Å². The maximum absolute atomic E-state index is 13.5. The van der Waals surface area contributed by atoms with Gasteiger partial charge < -0.3 is 8.98 Å². The average Bonchev–Trinajstić information content (AvgIpc) is 3.57. The van der Waals surface area contributed by atoms with Crippen LogP contribution in [0.3, 0.4) is 0 Å². The molecule has 176 valence electrons. The van der Waals surface area contributed by atoms with Crippen molar-refractivity contribution in [3.05, 3.63) is 86.4 Å². The molecule has 0 saturated heterocycles. The van der Waals surface area contributed by atoms with Crippen molar-refractivity contribution < 1.29 is 4.42 Å². The number of furan rings is 1.